The van der Waals surface area contributed by atoms with Crippen LogP contribution in [-0.2, 0) is 16.0 Å². The van der Waals surface area contributed by atoms with Crippen LogP contribution in [0.4, 0.5) is 0 Å². The molecule has 0 heterocycles. The lowest BCUT2D eigenvalue weighted by Crippen LogP contribution is -2.37. The van der Waals surface area contributed by atoms with Gasteiger partial charge >= 0.3 is 0 Å². The topological polar surface area (TPSA) is 150 Å². The van der Waals surface area contributed by atoms with E-state index in [9.17, 15) is 29.7 Å². The highest BCUT2D eigenvalue weighted by Crippen LogP contribution is 2.42. The standard InChI is InChI=1S/C33H40N2O6/c1-19(2)35-17-20-7-5-3-4-6-8-22(10-9-20)24-11-12-27(37)30-25(24)14-21(15-28(30)38)13-23-16-29(39)31(33(34)41)32(40)26(23)18-36/h3-6,9-12,19,21,23,26,35-37,40H,7-8,13-18H2,1-2H3,(H2,34,41)/b5-3-,6-4-,20-9+,22-10+. The fourth-order valence-electron chi connectivity index (χ4n) is 6.15. The van der Waals surface area contributed by atoms with Crippen molar-refractivity contribution >= 4 is 23.0 Å². The summed E-state index contributed by atoms with van der Waals surface area (Å²) in [6.07, 6.45) is 14.9. The molecule has 1 aromatic carbocycles. The monoisotopic (exact) mass is 560 g/mol. The molecule has 4 rings (SSSR count). The predicted molar refractivity (Wildman–Crippen MR) is 158 cm³/mol. The van der Waals surface area contributed by atoms with Crippen LogP contribution in [0.5, 0.6) is 5.75 Å². The highest BCUT2D eigenvalue weighted by molar-refractivity contribution is 6.19. The highest BCUT2D eigenvalue weighted by Gasteiger charge is 2.40. The number of phenols is 1. The zero-order valence-corrected chi connectivity index (χ0v) is 23.7. The number of Topliss-reactive ketones (excluding diaryl/α,β-unsaturated/α-hetero) is 2. The van der Waals surface area contributed by atoms with E-state index in [0.717, 1.165) is 29.7 Å². The molecule has 3 aliphatic carbocycles. The van der Waals surface area contributed by atoms with Crippen LogP contribution < -0.4 is 11.1 Å². The van der Waals surface area contributed by atoms with Gasteiger partial charge in [0.05, 0.1) is 12.2 Å². The minimum atomic E-state index is -1.01. The number of aliphatic hydroxyl groups is 2. The van der Waals surface area contributed by atoms with Crippen molar-refractivity contribution in [1.29, 1.82) is 0 Å². The van der Waals surface area contributed by atoms with Crippen LogP contribution in [0, 0.1) is 17.8 Å². The number of allylic oxidation sites excluding steroid dienone is 7. The first-order valence-corrected chi connectivity index (χ1v) is 14.3. The summed E-state index contributed by atoms with van der Waals surface area (Å²) in [5.41, 5.74) is 9.11. The molecule has 6 N–H and O–H groups in total. The van der Waals surface area contributed by atoms with Crippen LogP contribution in [0.25, 0.3) is 5.57 Å². The maximum absolute atomic E-state index is 13.4. The third kappa shape index (κ3) is 6.94. The molecule has 0 aromatic heterocycles. The molecule has 218 valence electrons. The van der Waals surface area contributed by atoms with Crippen molar-refractivity contribution in [1.82, 2.24) is 5.32 Å². The average Bonchev–Trinajstić information content (AvgIpc) is 2.90. The zero-order chi connectivity index (χ0) is 29.7. The molecule has 0 saturated heterocycles. The molecule has 3 atom stereocenters. The van der Waals surface area contributed by atoms with E-state index in [-0.39, 0.29) is 30.3 Å². The number of amides is 1. The Kier molecular flexibility index (Phi) is 9.78. The third-order valence-corrected chi connectivity index (χ3v) is 8.22. The number of hydrogen-bond donors (Lipinski definition) is 5. The third-order valence-electron chi connectivity index (χ3n) is 8.22. The van der Waals surface area contributed by atoms with Gasteiger partial charge in [-0.1, -0.05) is 61.9 Å². The van der Waals surface area contributed by atoms with Crippen LogP contribution in [-0.4, -0.2) is 52.0 Å². The van der Waals surface area contributed by atoms with Crippen molar-refractivity contribution in [2.75, 3.05) is 13.2 Å². The Balaban J connectivity index is 1.67. The molecular weight excluding hydrogens is 520 g/mol. The smallest absolute Gasteiger partial charge is 0.255 e. The first-order chi connectivity index (χ1) is 19.6. The molecule has 1 aromatic rings. The molecular formula is C33H40N2O6. The maximum atomic E-state index is 13.4. The summed E-state index contributed by atoms with van der Waals surface area (Å²) in [7, 11) is 0. The van der Waals surface area contributed by atoms with Gasteiger partial charge in [-0.15, -0.1) is 0 Å². The van der Waals surface area contributed by atoms with E-state index < -0.39 is 41.5 Å². The molecule has 8 nitrogen and oxygen atoms in total. The van der Waals surface area contributed by atoms with Gasteiger partial charge in [-0.05, 0) is 60.3 Å². The van der Waals surface area contributed by atoms with Gasteiger partial charge in [0.2, 0.25) is 0 Å². The molecule has 0 fully saturated rings. The Morgan fingerprint density at radius 1 is 1.02 bits per heavy atom. The number of primary amides is 1. The summed E-state index contributed by atoms with van der Waals surface area (Å²) in [5, 5.41) is 34.7. The molecule has 0 radical (unpaired) electrons. The Morgan fingerprint density at radius 3 is 2.44 bits per heavy atom. The normalized spacial score (nSPS) is 27.5. The number of phenolic OH excluding ortho intramolecular Hbond substituents is 1. The molecule has 0 aliphatic heterocycles. The van der Waals surface area contributed by atoms with Gasteiger partial charge in [0, 0.05) is 31.3 Å². The molecule has 3 aliphatic rings. The van der Waals surface area contributed by atoms with Crippen LogP contribution >= 0.6 is 0 Å². The largest absolute Gasteiger partial charge is 0.511 e. The highest BCUT2D eigenvalue weighted by atomic mass is 16.3. The summed E-state index contributed by atoms with van der Waals surface area (Å²) >= 11 is 0. The van der Waals surface area contributed by atoms with Crippen molar-refractivity contribution in [3.05, 3.63) is 82.2 Å². The molecule has 41 heavy (non-hydrogen) atoms. The molecule has 0 spiro atoms. The van der Waals surface area contributed by atoms with Gasteiger partial charge in [-0.2, -0.15) is 0 Å². The number of carbonyl (C=O) groups is 3. The number of fused-ring (bicyclic) bond motifs is 1. The molecule has 3 unspecified atom stereocenters. The van der Waals surface area contributed by atoms with E-state index in [1.54, 1.807) is 6.07 Å². The second-order valence-electron chi connectivity index (χ2n) is 11.5. The average molecular weight is 561 g/mol. The van der Waals surface area contributed by atoms with Gasteiger partial charge in [-0.3, -0.25) is 14.4 Å². The minimum Gasteiger partial charge on any atom is -0.511 e. The van der Waals surface area contributed by atoms with Crippen LogP contribution in [0.3, 0.4) is 0 Å². The molecule has 8 heteroatoms. The van der Waals surface area contributed by atoms with Crippen molar-refractivity contribution in [3.8, 4) is 5.75 Å². The van der Waals surface area contributed by atoms with Crippen molar-refractivity contribution in [3.63, 3.8) is 0 Å². The second-order valence-corrected chi connectivity index (χ2v) is 11.5. The van der Waals surface area contributed by atoms with Gasteiger partial charge in [0.15, 0.2) is 11.6 Å². The number of nitrogens with two attached hydrogens (primary N) is 1. The summed E-state index contributed by atoms with van der Waals surface area (Å²) in [5.74, 6) is -3.67. The maximum Gasteiger partial charge on any atom is 0.255 e. The fourth-order valence-corrected chi connectivity index (χ4v) is 6.15. The van der Waals surface area contributed by atoms with Crippen LogP contribution in [0.1, 0.15) is 67.4 Å². The van der Waals surface area contributed by atoms with E-state index in [0.29, 0.717) is 30.9 Å². The van der Waals surface area contributed by atoms with Crippen molar-refractivity contribution < 1.29 is 29.7 Å². The number of aromatic hydroxyl groups is 1. The summed E-state index contributed by atoms with van der Waals surface area (Å²) in [6.45, 7) is 4.53. The summed E-state index contributed by atoms with van der Waals surface area (Å²) in [4.78, 5) is 37.7. The predicted octanol–water partition coefficient (Wildman–Crippen LogP) is 4.24. The molecule has 0 saturated carbocycles. The van der Waals surface area contributed by atoms with Crippen molar-refractivity contribution in [2.45, 2.75) is 58.4 Å². The van der Waals surface area contributed by atoms with E-state index >= 15 is 0 Å². The number of nitrogens with one attached hydrogen (secondary N) is 1. The van der Waals surface area contributed by atoms with E-state index in [2.05, 4.69) is 43.5 Å². The van der Waals surface area contributed by atoms with Crippen molar-refractivity contribution in [2.24, 2.45) is 23.5 Å². The lowest BCUT2D eigenvalue weighted by molar-refractivity contribution is -0.123. The number of benzene rings is 1. The number of rotatable bonds is 8. The lowest BCUT2D eigenvalue weighted by atomic mass is 9.70. The molecule has 1 amide bonds. The Morgan fingerprint density at radius 2 is 1.76 bits per heavy atom. The Bertz CT molecular complexity index is 1360. The number of ketones is 2. The van der Waals surface area contributed by atoms with Gasteiger partial charge < -0.3 is 26.4 Å². The van der Waals surface area contributed by atoms with Gasteiger partial charge in [0.1, 0.15) is 17.1 Å². The van der Waals surface area contributed by atoms with Crippen LogP contribution in [0.2, 0.25) is 0 Å². The van der Waals surface area contributed by atoms with E-state index in [1.807, 2.05) is 18.2 Å². The van der Waals surface area contributed by atoms with Gasteiger partial charge in [0.25, 0.3) is 5.91 Å². The second kappa shape index (κ2) is 13.3. The number of aliphatic hydroxyl groups excluding tert-OH is 2. The lowest BCUT2D eigenvalue weighted by Gasteiger charge is -2.34. The first-order valence-electron chi connectivity index (χ1n) is 14.3. The SMILES string of the molecule is CC(C)NC/C1=C/C=C(/c2ccc(O)c3c2CC(CC2CC(=O)C(C(N)=O)=C(O)C2CO)CC3=O)C/C=C\C=C/C1. The quantitative estimate of drug-likeness (QED) is 0.299. The fraction of sp³-hybridized carbons (Fsp3) is 0.424. The first kappa shape index (κ1) is 30.2. The minimum absolute atomic E-state index is 0.0422. The Hall–Kier alpha value is -3.75. The van der Waals surface area contributed by atoms with E-state index in [1.165, 1.54) is 5.57 Å². The Labute approximate surface area is 241 Å². The van der Waals surface area contributed by atoms with Gasteiger partial charge in [-0.25, -0.2) is 0 Å². The number of carbonyl (C=O) groups excluding carboxylic acids is 3. The molecule has 0 bridgehead atoms. The van der Waals surface area contributed by atoms with E-state index in [4.69, 9.17) is 5.73 Å². The summed E-state index contributed by atoms with van der Waals surface area (Å²) in [6, 6.07) is 3.80. The summed E-state index contributed by atoms with van der Waals surface area (Å²) < 4.78 is 0. The zero-order valence-electron chi connectivity index (χ0n) is 23.7. The number of hydrogen-bond acceptors (Lipinski definition) is 7. The van der Waals surface area contributed by atoms with Crippen LogP contribution in [0.15, 0.2) is 65.5 Å².